The largest absolute Gasteiger partial charge is 0.0914 e. The summed E-state index contributed by atoms with van der Waals surface area (Å²) >= 11 is 0. The van der Waals surface area contributed by atoms with Gasteiger partial charge >= 0.3 is 0 Å². The molecule has 0 aromatic heterocycles. The van der Waals surface area contributed by atoms with Gasteiger partial charge in [-0.25, -0.2) is 0 Å². The van der Waals surface area contributed by atoms with Crippen LogP contribution >= 0.6 is 0 Å². The molecule has 0 aromatic rings. The van der Waals surface area contributed by atoms with Crippen LogP contribution in [0.1, 0.15) is 58.8 Å². The van der Waals surface area contributed by atoms with Gasteiger partial charge in [0.1, 0.15) is 0 Å². The summed E-state index contributed by atoms with van der Waals surface area (Å²) in [6.07, 6.45) is 18.9. The molecule has 0 bridgehead atoms. The van der Waals surface area contributed by atoms with Gasteiger partial charge in [-0.05, 0) is 63.7 Å². The molecule has 0 aliphatic heterocycles. The van der Waals surface area contributed by atoms with Crippen molar-refractivity contribution >= 4 is 0 Å². The van der Waals surface area contributed by atoms with E-state index in [-0.39, 0.29) is 0 Å². The number of hydrogen-bond donors (Lipinski definition) is 0. The van der Waals surface area contributed by atoms with Crippen molar-refractivity contribution in [2.24, 2.45) is 11.8 Å². The summed E-state index contributed by atoms with van der Waals surface area (Å²) in [6.45, 7) is 4.35. The lowest BCUT2D eigenvalue weighted by Gasteiger charge is -2.26. The van der Waals surface area contributed by atoms with Gasteiger partial charge in [0.25, 0.3) is 0 Å². The highest BCUT2D eigenvalue weighted by Crippen LogP contribution is 2.32. The molecule has 1 aliphatic carbocycles. The highest BCUT2D eigenvalue weighted by molar-refractivity contribution is 4.89. The SMILES string of the molecule is C/C=C/C1CCC(CC/C=C/CC)CC1. The van der Waals surface area contributed by atoms with Gasteiger partial charge in [0.2, 0.25) is 0 Å². The molecule has 1 fully saturated rings. The fraction of sp³-hybridized carbons (Fsp3) is 0.733. The van der Waals surface area contributed by atoms with Crippen LogP contribution in [-0.4, -0.2) is 0 Å². The smallest absolute Gasteiger partial charge is 0.0233 e. The van der Waals surface area contributed by atoms with Crippen LogP contribution in [0.5, 0.6) is 0 Å². The minimum Gasteiger partial charge on any atom is -0.0914 e. The van der Waals surface area contributed by atoms with Gasteiger partial charge in [0, 0.05) is 0 Å². The Kier molecular flexibility index (Phi) is 6.47. The van der Waals surface area contributed by atoms with E-state index < -0.39 is 0 Å². The highest BCUT2D eigenvalue weighted by Gasteiger charge is 2.18. The van der Waals surface area contributed by atoms with Crippen LogP contribution in [0.15, 0.2) is 24.3 Å². The van der Waals surface area contributed by atoms with Crippen LogP contribution in [0.4, 0.5) is 0 Å². The Morgan fingerprint density at radius 3 is 2.40 bits per heavy atom. The van der Waals surface area contributed by atoms with Crippen LogP contribution in [0.2, 0.25) is 0 Å². The third kappa shape index (κ3) is 5.20. The van der Waals surface area contributed by atoms with Crippen molar-refractivity contribution in [3.8, 4) is 0 Å². The number of hydrogen-bond acceptors (Lipinski definition) is 0. The first-order valence-corrected chi connectivity index (χ1v) is 6.64. The molecule has 1 aliphatic rings. The third-order valence-electron chi connectivity index (χ3n) is 3.50. The average molecular weight is 206 g/mol. The topological polar surface area (TPSA) is 0 Å². The van der Waals surface area contributed by atoms with E-state index in [1.54, 1.807) is 0 Å². The van der Waals surface area contributed by atoms with E-state index in [0.29, 0.717) is 0 Å². The predicted molar refractivity (Wildman–Crippen MR) is 68.9 cm³/mol. The zero-order valence-electron chi connectivity index (χ0n) is 10.4. The van der Waals surface area contributed by atoms with Crippen LogP contribution in [0.3, 0.4) is 0 Å². The van der Waals surface area contributed by atoms with Crippen LogP contribution in [-0.2, 0) is 0 Å². The molecule has 0 saturated heterocycles. The van der Waals surface area contributed by atoms with Crippen molar-refractivity contribution in [1.82, 2.24) is 0 Å². The summed E-state index contributed by atoms with van der Waals surface area (Å²) in [6, 6.07) is 0. The minimum atomic E-state index is 0.887. The summed E-state index contributed by atoms with van der Waals surface area (Å²) in [5.74, 6) is 1.89. The zero-order valence-corrected chi connectivity index (χ0v) is 10.4. The number of rotatable bonds is 5. The summed E-state index contributed by atoms with van der Waals surface area (Å²) < 4.78 is 0. The van der Waals surface area contributed by atoms with Crippen molar-refractivity contribution < 1.29 is 0 Å². The summed E-state index contributed by atoms with van der Waals surface area (Å²) in [7, 11) is 0. The molecule has 1 saturated carbocycles. The van der Waals surface area contributed by atoms with E-state index in [1.807, 2.05) is 0 Å². The third-order valence-corrected chi connectivity index (χ3v) is 3.50. The minimum absolute atomic E-state index is 0.887. The summed E-state index contributed by atoms with van der Waals surface area (Å²) in [5.41, 5.74) is 0. The van der Waals surface area contributed by atoms with Crippen molar-refractivity contribution in [1.29, 1.82) is 0 Å². The highest BCUT2D eigenvalue weighted by atomic mass is 14.2. The molecule has 0 heteroatoms. The lowest BCUT2D eigenvalue weighted by atomic mass is 9.80. The van der Waals surface area contributed by atoms with Gasteiger partial charge in [-0.3, -0.25) is 0 Å². The van der Waals surface area contributed by atoms with E-state index in [9.17, 15) is 0 Å². The second-order valence-electron chi connectivity index (χ2n) is 4.76. The molecule has 0 atom stereocenters. The fourth-order valence-corrected chi connectivity index (χ4v) is 2.56. The molecule has 0 unspecified atom stereocenters. The lowest BCUT2D eigenvalue weighted by molar-refractivity contribution is 0.297. The first kappa shape index (κ1) is 12.5. The molecular formula is C15H26. The normalized spacial score (nSPS) is 27.9. The average Bonchev–Trinajstić information content (AvgIpc) is 2.27. The Hall–Kier alpha value is -0.520. The van der Waals surface area contributed by atoms with Crippen molar-refractivity contribution in [2.45, 2.75) is 58.8 Å². The lowest BCUT2D eigenvalue weighted by Crippen LogP contribution is -2.12. The van der Waals surface area contributed by atoms with Crippen LogP contribution in [0.25, 0.3) is 0 Å². The molecule has 0 aromatic carbocycles. The monoisotopic (exact) mass is 206 g/mol. The van der Waals surface area contributed by atoms with Gasteiger partial charge in [-0.2, -0.15) is 0 Å². The molecule has 0 amide bonds. The van der Waals surface area contributed by atoms with Crippen LogP contribution < -0.4 is 0 Å². The molecule has 0 N–H and O–H groups in total. The molecular weight excluding hydrogens is 180 g/mol. The molecule has 0 nitrogen and oxygen atoms in total. The van der Waals surface area contributed by atoms with Gasteiger partial charge in [0.15, 0.2) is 0 Å². The quantitative estimate of drug-likeness (QED) is 0.548. The first-order valence-electron chi connectivity index (χ1n) is 6.64. The van der Waals surface area contributed by atoms with Gasteiger partial charge in [0.05, 0.1) is 0 Å². The molecule has 86 valence electrons. The Labute approximate surface area is 95.5 Å². The Bertz CT molecular complexity index is 192. The second-order valence-corrected chi connectivity index (χ2v) is 4.76. The summed E-state index contributed by atoms with van der Waals surface area (Å²) in [5, 5.41) is 0. The molecule has 15 heavy (non-hydrogen) atoms. The Balaban J connectivity index is 2.12. The van der Waals surface area contributed by atoms with Crippen molar-refractivity contribution in [3.05, 3.63) is 24.3 Å². The van der Waals surface area contributed by atoms with Gasteiger partial charge in [-0.15, -0.1) is 0 Å². The predicted octanol–water partition coefficient (Wildman–Crippen LogP) is 5.12. The van der Waals surface area contributed by atoms with Crippen molar-refractivity contribution in [2.75, 3.05) is 0 Å². The van der Waals surface area contributed by atoms with Crippen molar-refractivity contribution in [3.63, 3.8) is 0 Å². The summed E-state index contributed by atoms with van der Waals surface area (Å²) in [4.78, 5) is 0. The van der Waals surface area contributed by atoms with Crippen LogP contribution in [0, 0.1) is 11.8 Å². The standard InChI is InChI=1S/C15H26/c1-3-5-6-7-9-15-12-10-14(8-4-2)11-13-15/h4-6,8,14-15H,3,7,9-13H2,1-2H3/b6-5+,8-4+. The number of allylic oxidation sites excluding steroid dienone is 4. The Morgan fingerprint density at radius 1 is 1.07 bits per heavy atom. The maximum Gasteiger partial charge on any atom is -0.0233 e. The second kappa shape index (κ2) is 7.73. The van der Waals surface area contributed by atoms with E-state index >= 15 is 0 Å². The molecule has 0 spiro atoms. The zero-order chi connectivity index (χ0) is 10.9. The van der Waals surface area contributed by atoms with E-state index in [1.165, 1.54) is 44.9 Å². The van der Waals surface area contributed by atoms with Gasteiger partial charge < -0.3 is 0 Å². The maximum absolute atomic E-state index is 2.40. The fourth-order valence-electron chi connectivity index (χ4n) is 2.56. The maximum atomic E-state index is 2.40. The van der Waals surface area contributed by atoms with E-state index in [2.05, 4.69) is 38.2 Å². The van der Waals surface area contributed by atoms with E-state index in [0.717, 1.165) is 11.8 Å². The molecule has 1 rings (SSSR count). The first-order chi connectivity index (χ1) is 7.36. The molecule has 0 radical (unpaired) electrons. The van der Waals surface area contributed by atoms with E-state index in [4.69, 9.17) is 0 Å². The van der Waals surface area contributed by atoms with Gasteiger partial charge in [-0.1, -0.05) is 31.2 Å². The molecule has 0 heterocycles. The Morgan fingerprint density at radius 2 is 1.80 bits per heavy atom.